The monoisotopic (exact) mass is 371 g/mol. The van der Waals surface area contributed by atoms with Gasteiger partial charge in [-0.2, -0.15) is 0 Å². The predicted octanol–water partition coefficient (Wildman–Crippen LogP) is 4.74. The third kappa shape index (κ3) is 5.23. The Hall–Kier alpha value is -1.56. The summed E-state index contributed by atoms with van der Waals surface area (Å²) in [5, 5.41) is 3.94. The van der Waals surface area contributed by atoms with E-state index in [1.54, 1.807) is 50.6 Å². The third-order valence-corrected chi connectivity index (χ3v) is 4.62. The summed E-state index contributed by atoms with van der Waals surface area (Å²) in [5.41, 5.74) is 0.601. The quantitative estimate of drug-likeness (QED) is 0.744. The molecule has 0 heterocycles. The lowest BCUT2D eigenvalue weighted by Crippen LogP contribution is -2.14. The van der Waals surface area contributed by atoms with Crippen LogP contribution in [0.25, 0.3) is 0 Å². The Morgan fingerprint density at radius 2 is 1.74 bits per heavy atom. The molecule has 0 saturated carbocycles. The van der Waals surface area contributed by atoms with Crippen LogP contribution in [-0.4, -0.2) is 25.9 Å². The van der Waals surface area contributed by atoms with Gasteiger partial charge in [-0.15, -0.1) is 11.8 Å². The molecule has 2 aromatic carbocycles. The van der Waals surface area contributed by atoms with Crippen molar-refractivity contribution in [2.24, 2.45) is 0 Å². The number of nitrogens with one attached hydrogen (secondary N) is 1. The van der Waals surface area contributed by atoms with Gasteiger partial charge in [0.15, 0.2) is 0 Å². The van der Waals surface area contributed by atoms with E-state index in [-0.39, 0.29) is 11.7 Å². The van der Waals surface area contributed by atoms with E-state index in [0.717, 1.165) is 4.90 Å². The van der Waals surface area contributed by atoms with Crippen molar-refractivity contribution in [3.63, 3.8) is 0 Å². The summed E-state index contributed by atoms with van der Waals surface area (Å²) >= 11 is 13.3. The first kappa shape index (κ1) is 17.8. The molecule has 4 nitrogen and oxygen atoms in total. The molecule has 0 saturated heterocycles. The minimum absolute atomic E-state index is 0.165. The van der Waals surface area contributed by atoms with Crippen molar-refractivity contribution >= 4 is 46.6 Å². The number of rotatable bonds is 6. The molecule has 0 bridgehead atoms. The van der Waals surface area contributed by atoms with Crippen LogP contribution >= 0.6 is 35.0 Å². The zero-order chi connectivity index (χ0) is 16.8. The molecule has 0 fully saturated rings. The summed E-state index contributed by atoms with van der Waals surface area (Å²) in [7, 11) is 3.11. The van der Waals surface area contributed by atoms with E-state index in [9.17, 15) is 4.79 Å². The highest BCUT2D eigenvalue weighted by molar-refractivity contribution is 8.00. The van der Waals surface area contributed by atoms with Gasteiger partial charge in [-0.3, -0.25) is 4.79 Å². The van der Waals surface area contributed by atoms with E-state index in [2.05, 4.69) is 5.32 Å². The van der Waals surface area contributed by atoms with Crippen molar-refractivity contribution in [1.29, 1.82) is 0 Å². The predicted molar refractivity (Wildman–Crippen MR) is 95.4 cm³/mol. The molecule has 2 rings (SSSR count). The Morgan fingerprint density at radius 3 is 2.35 bits per heavy atom. The summed E-state index contributed by atoms with van der Waals surface area (Å²) in [6, 6.07) is 10.3. The maximum absolute atomic E-state index is 12.1. The van der Waals surface area contributed by atoms with E-state index >= 15 is 0 Å². The molecule has 0 unspecified atom stereocenters. The summed E-state index contributed by atoms with van der Waals surface area (Å²) in [4.78, 5) is 12.9. The third-order valence-electron chi connectivity index (χ3n) is 2.89. The fourth-order valence-electron chi connectivity index (χ4n) is 1.81. The first-order chi connectivity index (χ1) is 11.0. The number of methoxy groups -OCH3 is 2. The number of benzene rings is 2. The van der Waals surface area contributed by atoms with E-state index in [1.165, 1.54) is 11.8 Å². The zero-order valence-corrected chi connectivity index (χ0v) is 14.9. The molecule has 1 N–H and O–H groups in total. The second kappa shape index (κ2) is 8.34. The van der Waals surface area contributed by atoms with Crippen LogP contribution in [0.15, 0.2) is 41.3 Å². The SMILES string of the molecule is COc1cc(NC(=O)CSc2cc(Cl)ccc2Cl)cc(OC)c1. The number of carbonyl (C=O) groups is 1. The van der Waals surface area contributed by atoms with Gasteiger partial charge in [0.25, 0.3) is 0 Å². The first-order valence-electron chi connectivity index (χ1n) is 6.62. The molecular formula is C16H15Cl2NO3S. The highest BCUT2D eigenvalue weighted by atomic mass is 35.5. The lowest BCUT2D eigenvalue weighted by Gasteiger charge is -2.10. The van der Waals surface area contributed by atoms with Gasteiger partial charge in [0, 0.05) is 33.8 Å². The molecule has 2 aromatic rings. The summed E-state index contributed by atoms with van der Waals surface area (Å²) < 4.78 is 10.3. The second-order valence-corrected chi connectivity index (χ2v) is 6.37. The van der Waals surface area contributed by atoms with Gasteiger partial charge in [0.2, 0.25) is 5.91 Å². The summed E-state index contributed by atoms with van der Waals surface area (Å²) in [6.07, 6.45) is 0. The molecular weight excluding hydrogens is 357 g/mol. The lowest BCUT2D eigenvalue weighted by molar-refractivity contribution is -0.113. The normalized spacial score (nSPS) is 10.3. The molecule has 0 radical (unpaired) electrons. The molecule has 0 aliphatic heterocycles. The minimum Gasteiger partial charge on any atom is -0.497 e. The average Bonchev–Trinajstić information content (AvgIpc) is 2.55. The van der Waals surface area contributed by atoms with Gasteiger partial charge in [-0.05, 0) is 18.2 Å². The molecule has 0 spiro atoms. The standard InChI is InChI=1S/C16H15Cl2NO3S/c1-21-12-6-11(7-13(8-12)22-2)19-16(20)9-23-15-5-10(17)3-4-14(15)18/h3-8H,9H2,1-2H3,(H,19,20). The minimum atomic E-state index is -0.165. The smallest absolute Gasteiger partial charge is 0.234 e. The molecule has 122 valence electrons. The van der Waals surface area contributed by atoms with Gasteiger partial charge < -0.3 is 14.8 Å². The van der Waals surface area contributed by atoms with Crippen LogP contribution in [0, 0.1) is 0 Å². The fraction of sp³-hybridized carbons (Fsp3) is 0.188. The van der Waals surface area contributed by atoms with Crippen LogP contribution in [0.2, 0.25) is 10.0 Å². The average molecular weight is 372 g/mol. The van der Waals surface area contributed by atoms with E-state index in [1.807, 2.05) is 0 Å². The summed E-state index contributed by atoms with van der Waals surface area (Å²) in [5.74, 6) is 1.25. The molecule has 0 atom stereocenters. The number of halogens is 2. The van der Waals surface area contributed by atoms with Crippen LogP contribution in [0.1, 0.15) is 0 Å². The number of thioether (sulfide) groups is 1. The molecule has 23 heavy (non-hydrogen) atoms. The highest BCUT2D eigenvalue weighted by Crippen LogP contribution is 2.30. The number of amides is 1. The highest BCUT2D eigenvalue weighted by Gasteiger charge is 2.09. The maximum Gasteiger partial charge on any atom is 0.234 e. The number of ether oxygens (including phenoxy) is 2. The Kier molecular flexibility index (Phi) is 6.45. The van der Waals surface area contributed by atoms with Crippen molar-refractivity contribution in [3.8, 4) is 11.5 Å². The van der Waals surface area contributed by atoms with Crippen molar-refractivity contribution < 1.29 is 14.3 Å². The summed E-state index contributed by atoms with van der Waals surface area (Å²) in [6.45, 7) is 0. The van der Waals surface area contributed by atoms with Crippen LogP contribution in [0.4, 0.5) is 5.69 Å². The van der Waals surface area contributed by atoms with Crippen LogP contribution < -0.4 is 14.8 Å². The number of hydrogen-bond donors (Lipinski definition) is 1. The van der Waals surface area contributed by atoms with Gasteiger partial charge >= 0.3 is 0 Å². The van der Waals surface area contributed by atoms with Crippen molar-refractivity contribution in [3.05, 3.63) is 46.4 Å². The zero-order valence-electron chi connectivity index (χ0n) is 12.6. The van der Waals surface area contributed by atoms with Crippen LogP contribution in [-0.2, 0) is 4.79 Å². The molecule has 0 aliphatic carbocycles. The largest absolute Gasteiger partial charge is 0.497 e. The molecule has 0 aliphatic rings. The Labute approximate surface area is 149 Å². The molecule has 1 amide bonds. The maximum atomic E-state index is 12.1. The van der Waals surface area contributed by atoms with Crippen LogP contribution in [0.3, 0.4) is 0 Å². The van der Waals surface area contributed by atoms with Gasteiger partial charge in [0.05, 0.1) is 25.0 Å². The van der Waals surface area contributed by atoms with E-state index in [0.29, 0.717) is 27.2 Å². The van der Waals surface area contributed by atoms with E-state index < -0.39 is 0 Å². The van der Waals surface area contributed by atoms with Crippen molar-refractivity contribution in [2.75, 3.05) is 25.3 Å². The van der Waals surface area contributed by atoms with Crippen molar-refractivity contribution in [2.45, 2.75) is 4.90 Å². The number of hydrogen-bond acceptors (Lipinski definition) is 4. The second-order valence-electron chi connectivity index (χ2n) is 4.51. The molecule has 0 aromatic heterocycles. The first-order valence-corrected chi connectivity index (χ1v) is 8.36. The van der Waals surface area contributed by atoms with E-state index in [4.69, 9.17) is 32.7 Å². The van der Waals surface area contributed by atoms with Crippen molar-refractivity contribution in [1.82, 2.24) is 0 Å². The Balaban J connectivity index is 2.01. The van der Waals surface area contributed by atoms with Gasteiger partial charge in [0.1, 0.15) is 11.5 Å². The van der Waals surface area contributed by atoms with Crippen LogP contribution in [0.5, 0.6) is 11.5 Å². The number of carbonyl (C=O) groups excluding carboxylic acids is 1. The van der Waals surface area contributed by atoms with Gasteiger partial charge in [-0.1, -0.05) is 23.2 Å². The van der Waals surface area contributed by atoms with Gasteiger partial charge in [-0.25, -0.2) is 0 Å². The molecule has 7 heteroatoms. The lowest BCUT2D eigenvalue weighted by atomic mass is 10.2. The Morgan fingerprint density at radius 1 is 1.09 bits per heavy atom. The topological polar surface area (TPSA) is 47.6 Å². The Bertz CT molecular complexity index is 687. The fourth-order valence-corrected chi connectivity index (χ4v) is 3.10. The number of anilines is 1.